The molecule has 0 unspecified atom stereocenters. The molecule has 1 saturated carbocycles. The Labute approximate surface area is 128 Å². The van der Waals surface area contributed by atoms with E-state index in [0.29, 0.717) is 17.1 Å². The third kappa shape index (κ3) is 4.71. The Kier molecular flexibility index (Phi) is 6.06. The van der Waals surface area contributed by atoms with Crippen LogP contribution < -0.4 is 10.0 Å². The van der Waals surface area contributed by atoms with Crippen molar-refractivity contribution in [2.45, 2.75) is 50.3 Å². The zero-order chi connectivity index (χ0) is 15.1. The average Bonchev–Trinajstić information content (AvgIpc) is 2.97. The lowest BCUT2D eigenvalue weighted by Gasteiger charge is -2.13. The van der Waals surface area contributed by atoms with Crippen molar-refractivity contribution < 1.29 is 8.42 Å². The molecule has 0 atom stereocenters. The highest BCUT2D eigenvalue weighted by molar-refractivity contribution is 7.89. The van der Waals surface area contributed by atoms with E-state index in [4.69, 9.17) is 0 Å². The van der Waals surface area contributed by atoms with E-state index in [1.165, 1.54) is 32.1 Å². The molecule has 118 valence electrons. The van der Waals surface area contributed by atoms with Gasteiger partial charge in [0.15, 0.2) is 0 Å². The lowest BCUT2D eigenvalue weighted by atomic mass is 10.0. The molecule has 21 heavy (non-hydrogen) atoms. The van der Waals surface area contributed by atoms with Crippen LogP contribution >= 0.6 is 0 Å². The molecule has 1 aromatic carbocycles. The first-order chi connectivity index (χ1) is 10.1. The molecule has 0 aromatic heterocycles. The molecule has 0 spiro atoms. The Morgan fingerprint density at radius 2 is 1.90 bits per heavy atom. The minimum absolute atomic E-state index is 0.340. The predicted octanol–water partition coefficient (Wildman–Crippen LogP) is 3.37. The minimum Gasteiger partial charge on any atom is -0.384 e. The molecule has 1 aromatic rings. The van der Waals surface area contributed by atoms with Gasteiger partial charge in [-0.2, -0.15) is 0 Å². The summed E-state index contributed by atoms with van der Waals surface area (Å²) in [5.41, 5.74) is 0.699. The first-order valence-corrected chi connectivity index (χ1v) is 9.44. The summed E-state index contributed by atoms with van der Waals surface area (Å²) in [7, 11) is -3.41. The van der Waals surface area contributed by atoms with E-state index in [2.05, 4.69) is 10.0 Å². The molecule has 1 aliphatic rings. The Morgan fingerprint density at radius 1 is 1.19 bits per heavy atom. The van der Waals surface area contributed by atoms with Crippen LogP contribution in [-0.2, 0) is 10.0 Å². The molecule has 1 aliphatic carbocycles. The highest BCUT2D eigenvalue weighted by Gasteiger charge is 2.17. The van der Waals surface area contributed by atoms with E-state index >= 15 is 0 Å². The molecular weight excluding hydrogens is 284 g/mol. The van der Waals surface area contributed by atoms with E-state index in [1.54, 1.807) is 19.1 Å². The lowest BCUT2D eigenvalue weighted by Crippen LogP contribution is -2.24. The van der Waals surface area contributed by atoms with Crippen molar-refractivity contribution in [2.75, 3.05) is 18.4 Å². The van der Waals surface area contributed by atoms with Gasteiger partial charge in [-0.3, -0.25) is 0 Å². The van der Waals surface area contributed by atoms with E-state index in [0.717, 1.165) is 18.9 Å². The van der Waals surface area contributed by atoms with Gasteiger partial charge in [0.2, 0.25) is 10.0 Å². The van der Waals surface area contributed by atoms with Crippen molar-refractivity contribution in [3.8, 4) is 0 Å². The molecule has 2 N–H and O–H groups in total. The smallest absolute Gasteiger partial charge is 0.242 e. The molecular formula is C16H26N2O2S. The van der Waals surface area contributed by atoms with Crippen molar-refractivity contribution in [2.24, 2.45) is 5.92 Å². The van der Waals surface area contributed by atoms with Gasteiger partial charge < -0.3 is 5.32 Å². The molecule has 0 radical (unpaired) electrons. The van der Waals surface area contributed by atoms with Gasteiger partial charge >= 0.3 is 0 Å². The fourth-order valence-electron chi connectivity index (χ4n) is 3.03. The van der Waals surface area contributed by atoms with Gasteiger partial charge in [-0.1, -0.05) is 44.7 Å². The molecule has 0 saturated heterocycles. The van der Waals surface area contributed by atoms with Crippen LogP contribution in [0.15, 0.2) is 29.2 Å². The fourth-order valence-corrected chi connectivity index (χ4v) is 4.25. The van der Waals surface area contributed by atoms with Crippen molar-refractivity contribution in [3.05, 3.63) is 24.3 Å². The Bertz CT molecular complexity index is 537. The van der Waals surface area contributed by atoms with Crippen LogP contribution in [-0.4, -0.2) is 21.5 Å². The first-order valence-electron chi connectivity index (χ1n) is 7.96. The topological polar surface area (TPSA) is 58.2 Å². The van der Waals surface area contributed by atoms with Crippen LogP contribution in [0.25, 0.3) is 0 Å². The van der Waals surface area contributed by atoms with Crippen LogP contribution in [0.4, 0.5) is 5.69 Å². The second kappa shape index (κ2) is 7.80. The molecule has 5 heteroatoms. The van der Waals surface area contributed by atoms with Crippen LogP contribution in [0, 0.1) is 5.92 Å². The summed E-state index contributed by atoms with van der Waals surface area (Å²) in [4.78, 5) is 0.340. The summed E-state index contributed by atoms with van der Waals surface area (Å²) in [5.74, 6) is 0.882. The van der Waals surface area contributed by atoms with Gasteiger partial charge in [0, 0.05) is 13.1 Å². The maximum atomic E-state index is 12.1. The predicted molar refractivity (Wildman–Crippen MR) is 87.0 cm³/mol. The largest absolute Gasteiger partial charge is 0.384 e. The van der Waals surface area contributed by atoms with Crippen molar-refractivity contribution in [3.63, 3.8) is 0 Å². The molecule has 1 fully saturated rings. The van der Waals surface area contributed by atoms with E-state index in [-0.39, 0.29) is 0 Å². The number of hydrogen-bond acceptors (Lipinski definition) is 3. The second-order valence-electron chi connectivity index (χ2n) is 5.72. The third-order valence-electron chi connectivity index (χ3n) is 4.09. The van der Waals surface area contributed by atoms with Crippen LogP contribution in [0.3, 0.4) is 0 Å². The van der Waals surface area contributed by atoms with Gasteiger partial charge in [-0.15, -0.1) is 0 Å². The average molecular weight is 310 g/mol. The van der Waals surface area contributed by atoms with Crippen molar-refractivity contribution in [1.29, 1.82) is 0 Å². The molecule has 0 amide bonds. The first kappa shape index (κ1) is 16.3. The van der Waals surface area contributed by atoms with Gasteiger partial charge in [0.25, 0.3) is 0 Å². The Hall–Kier alpha value is -1.07. The summed E-state index contributed by atoms with van der Waals surface area (Å²) < 4.78 is 26.8. The number of benzene rings is 1. The normalized spacial score (nSPS) is 16.2. The summed E-state index contributed by atoms with van der Waals surface area (Å²) in [6.07, 6.45) is 7.83. The summed E-state index contributed by atoms with van der Waals surface area (Å²) in [6.45, 7) is 3.02. The van der Waals surface area contributed by atoms with Crippen molar-refractivity contribution >= 4 is 15.7 Å². The minimum atomic E-state index is -3.41. The Morgan fingerprint density at radius 3 is 2.62 bits per heavy atom. The molecule has 0 bridgehead atoms. The number of para-hydroxylation sites is 1. The number of rotatable bonds is 8. The van der Waals surface area contributed by atoms with E-state index < -0.39 is 10.0 Å². The third-order valence-corrected chi connectivity index (χ3v) is 5.69. The monoisotopic (exact) mass is 310 g/mol. The Balaban J connectivity index is 1.90. The summed E-state index contributed by atoms with van der Waals surface area (Å²) in [6, 6.07) is 7.11. The number of hydrogen-bond donors (Lipinski definition) is 2. The standard InChI is InChI=1S/C16H26N2O2S/c1-2-18-21(19,20)16-12-6-5-11-15(16)17-13-7-10-14-8-3-4-9-14/h5-6,11-12,14,17-18H,2-4,7-10,13H2,1H3. The number of anilines is 1. The number of sulfonamides is 1. The van der Waals surface area contributed by atoms with Gasteiger partial charge in [-0.05, 0) is 30.9 Å². The SMILES string of the molecule is CCNS(=O)(=O)c1ccccc1NCCCC1CCCC1. The quantitative estimate of drug-likeness (QED) is 0.724. The van der Waals surface area contributed by atoms with Crippen LogP contribution in [0.2, 0.25) is 0 Å². The molecule has 0 aliphatic heterocycles. The summed E-state index contributed by atoms with van der Waals surface area (Å²) in [5, 5.41) is 3.28. The van der Waals surface area contributed by atoms with Crippen molar-refractivity contribution in [1.82, 2.24) is 4.72 Å². The van der Waals surface area contributed by atoms with E-state index in [1.807, 2.05) is 12.1 Å². The van der Waals surface area contributed by atoms with Crippen LogP contribution in [0.1, 0.15) is 45.4 Å². The zero-order valence-corrected chi connectivity index (χ0v) is 13.6. The lowest BCUT2D eigenvalue weighted by molar-refractivity contribution is 0.491. The maximum Gasteiger partial charge on any atom is 0.242 e. The summed E-state index contributed by atoms with van der Waals surface area (Å²) >= 11 is 0. The molecule has 2 rings (SSSR count). The number of nitrogens with one attached hydrogen (secondary N) is 2. The van der Waals surface area contributed by atoms with Crippen LogP contribution in [0.5, 0.6) is 0 Å². The maximum absolute atomic E-state index is 12.1. The second-order valence-corrected chi connectivity index (χ2v) is 7.45. The van der Waals surface area contributed by atoms with E-state index in [9.17, 15) is 8.42 Å². The van der Waals surface area contributed by atoms with Gasteiger partial charge in [-0.25, -0.2) is 13.1 Å². The fraction of sp³-hybridized carbons (Fsp3) is 0.625. The van der Waals surface area contributed by atoms with Gasteiger partial charge in [0.05, 0.1) is 5.69 Å². The highest BCUT2D eigenvalue weighted by atomic mass is 32.2. The highest BCUT2D eigenvalue weighted by Crippen LogP contribution is 2.28. The zero-order valence-electron chi connectivity index (χ0n) is 12.8. The molecule has 4 nitrogen and oxygen atoms in total. The molecule has 0 heterocycles. The van der Waals surface area contributed by atoms with Gasteiger partial charge in [0.1, 0.15) is 4.90 Å².